The average molecular weight is 406 g/mol. The van der Waals surface area contributed by atoms with Crippen molar-refractivity contribution < 1.29 is 18.3 Å². The standard InChI is InChI=1S/C19H16F2N2O2S2/c20-12-10-15(21)18-16(11-12)27-19(22-18)25-13-5-7-23(8-6-13)17(24)4-3-14-2-1-9-26-14/h1-4,9-11,13H,5-8H2/b4-3+. The van der Waals surface area contributed by atoms with Crippen molar-refractivity contribution in [2.45, 2.75) is 18.9 Å². The second kappa shape index (κ2) is 7.74. The Hall–Kier alpha value is -2.32. The highest BCUT2D eigenvalue weighted by molar-refractivity contribution is 7.20. The second-order valence-corrected chi connectivity index (χ2v) is 8.18. The maximum Gasteiger partial charge on any atom is 0.274 e. The molecule has 0 spiro atoms. The maximum absolute atomic E-state index is 13.8. The van der Waals surface area contributed by atoms with E-state index in [1.807, 2.05) is 23.6 Å². The Bertz CT molecular complexity index is 977. The highest BCUT2D eigenvalue weighted by Crippen LogP contribution is 2.32. The number of piperidine rings is 1. The highest BCUT2D eigenvalue weighted by Gasteiger charge is 2.24. The maximum atomic E-state index is 13.8. The van der Waals surface area contributed by atoms with Gasteiger partial charge in [0.1, 0.15) is 17.4 Å². The van der Waals surface area contributed by atoms with Crippen LogP contribution in [-0.2, 0) is 4.79 Å². The number of hydrogen-bond acceptors (Lipinski definition) is 5. The summed E-state index contributed by atoms with van der Waals surface area (Å²) in [5.41, 5.74) is 0.128. The van der Waals surface area contributed by atoms with Crippen molar-refractivity contribution in [2.75, 3.05) is 13.1 Å². The topological polar surface area (TPSA) is 42.4 Å². The van der Waals surface area contributed by atoms with Gasteiger partial charge in [-0.25, -0.2) is 8.78 Å². The average Bonchev–Trinajstić information content (AvgIpc) is 3.30. The van der Waals surface area contributed by atoms with Gasteiger partial charge in [-0.2, -0.15) is 4.98 Å². The normalized spacial score (nSPS) is 15.7. The van der Waals surface area contributed by atoms with Gasteiger partial charge in [0.25, 0.3) is 5.19 Å². The fourth-order valence-electron chi connectivity index (χ4n) is 2.97. The van der Waals surface area contributed by atoms with Gasteiger partial charge in [0.15, 0.2) is 5.82 Å². The molecule has 27 heavy (non-hydrogen) atoms. The molecule has 0 atom stereocenters. The molecular weight excluding hydrogens is 390 g/mol. The summed E-state index contributed by atoms with van der Waals surface area (Å²) < 4.78 is 33.3. The lowest BCUT2D eigenvalue weighted by molar-refractivity contribution is -0.127. The van der Waals surface area contributed by atoms with E-state index < -0.39 is 11.6 Å². The Morgan fingerprint density at radius 2 is 2.11 bits per heavy atom. The monoisotopic (exact) mass is 406 g/mol. The summed E-state index contributed by atoms with van der Waals surface area (Å²) >= 11 is 2.71. The first-order chi connectivity index (χ1) is 13.1. The first kappa shape index (κ1) is 18.1. The molecule has 4 rings (SSSR count). The molecule has 0 radical (unpaired) electrons. The molecule has 1 amide bonds. The number of fused-ring (bicyclic) bond motifs is 1. The zero-order valence-corrected chi connectivity index (χ0v) is 15.9. The number of rotatable bonds is 4. The van der Waals surface area contributed by atoms with E-state index >= 15 is 0 Å². The number of aromatic nitrogens is 1. The van der Waals surface area contributed by atoms with E-state index in [1.54, 1.807) is 22.3 Å². The Morgan fingerprint density at radius 3 is 2.85 bits per heavy atom. The molecule has 1 aliphatic rings. The van der Waals surface area contributed by atoms with E-state index in [2.05, 4.69) is 4.98 Å². The van der Waals surface area contributed by atoms with Gasteiger partial charge >= 0.3 is 0 Å². The minimum Gasteiger partial charge on any atom is -0.467 e. The predicted molar refractivity (Wildman–Crippen MR) is 103 cm³/mol. The van der Waals surface area contributed by atoms with Gasteiger partial charge in [0.2, 0.25) is 5.91 Å². The molecular formula is C19H16F2N2O2S2. The fraction of sp³-hybridized carbons (Fsp3) is 0.263. The van der Waals surface area contributed by atoms with Crippen LogP contribution in [0.3, 0.4) is 0 Å². The zero-order valence-electron chi connectivity index (χ0n) is 14.2. The molecule has 0 bridgehead atoms. The van der Waals surface area contributed by atoms with Crippen molar-refractivity contribution in [1.82, 2.24) is 9.88 Å². The number of thiazole rings is 1. The van der Waals surface area contributed by atoms with Crippen LogP contribution in [0.25, 0.3) is 16.3 Å². The third-order valence-corrected chi connectivity index (χ3v) is 6.08. The molecule has 140 valence electrons. The molecule has 1 fully saturated rings. The number of halogens is 2. The van der Waals surface area contributed by atoms with Crippen LogP contribution in [0.1, 0.15) is 17.7 Å². The van der Waals surface area contributed by atoms with Gasteiger partial charge in [-0.3, -0.25) is 4.79 Å². The van der Waals surface area contributed by atoms with Crippen molar-refractivity contribution in [2.24, 2.45) is 0 Å². The van der Waals surface area contributed by atoms with Crippen LogP contribution in [0.15, 0.2) is 35.7 Å². The summed E-state index contributed by atoms with van der Waals surface area (Å²) in [6.07, 6.45) is 4.67. The number of carbonyl (C=O) groups is 1. The molecule has 1 aromatic carbocycles. The van der Waals surface area contributed by atoms with Crippen LogP contribution in [0.5, 0.6) is 5.19 Å². The van der Waals surface area contributed by atoms with Gasteiger partial charge in [-0.05, 0) is 23.6 Å². The zero-order chi connectivity index (χ0) is 18.8. The van der Waals surface area contributed by atoms with Gasteiger partial charge in [0.05, 0.1) is 4.70 Å². The van der Waals surface area contributed by atoms with Crippen LogP contribution >= 0.6 is 22.7 Å². The number of hydrogen-bond donors (Lipinski definition) is 0. The quantitative estimate of drug-likeness (QED) is 0.589. The van der Waals surface area contributed by atoms with E-state index in [-0.39, 0.29) is 17.5 Å². The molecule has 3 heterocycles. The Labute approximate surface area is 162 Å². The highest BCUT2D eigenvalue weighted by atomic mass is 32.1. The minimum absolute atomic E-state index is 0.0145. The smallest absolute Gasteiger partial charge is 0.274 e. The van der Waals surface area contributed by atoms with E-state index in [4.69, 9.17) is 4.74 Å². The Kier molecular flexibility index (Phi) is 5.18. The first-order valence-electron chi connectivity index (χ1n) is 8.51. The SMILES string of the molecule is O=C(/C=C/c1cccs1)N1CCC(Oc2nc3c(F)cc(F)cc3s2)CC1. The van der Waals surface area contributed by atoms with Crippen molar-refractivity contribution in [3.8, 4) is 5.19 Å². The molecule has 0 N–H and O–H groups in total. The number of carbonyl (C=O) groups excluding carboxylic acids is 1. The number of amides is 1. The number of likely N-dealkylation sites (tertiary alicyclic amines) is 1. The summed E-state index contributed by atoms with van der Waals surface area (Å²) in [7, 11) is 0. The summed E-state index contributed by atoms with van der Waals surface area (Å²) in [4.78, 5) is 19.2. The predicted octanol–water partition coefficient (Wildman–Crippen LogP) is 4.72. The molecule has 3 aromatic rings. The molecule has 1 saturated heterocycles. The summed E-state index contributed by atoms with van der Waals surface area (Å²) in [6.45, 7) is 1.18. The minimum atomic E-state index is -0.686. The van der Waals surface area contributed by atoms with E-state index in [9.17, 15) is 13.6 Å². The number of benzene rings is 1. The molecule has 0 unspecified atom stereocenters. The molecule has 4 nitrogen and oxygen atoms in total. The van der Waals surface area contributed by atoms with Crippen LogP contribution < -0.4 is 4.74 Å². The van der Waals surface area contributed by atoms with Crippen LogP contribution in [-0.4, -0.2) is 35.0 Å². The number of thiophene rings is 1. The molecule has 8 heteroatoms. The summed E-state index contributed by atoms with van der Waals surface area (Å²) in [6, 6.07) is 5.98. The van der Waals surface area contributed by atoms with E-state index in [0.29, 0.717) is 35.8 Å². The summed E-state index contributed by atoms with van der Waals surface area (Å²) in [5, 5.41) is 2.30. The van der Waals surface area contributed by atoms with E-state index in [1.165, 1.54) is 6.07 Å². The van der Waals surface area contributed by atoms with Crippen LogP contribution in [0, 0.1) is 11.6 Å². The van der Waals surface area contributed by atoms with Gasteiger partial charge in [0, 0.05) is 43.0 Å². The van der Waals surface area contributed by atoms with E-state index in [0.717, 1.165) is 22.3 Å². The second-order valence-electron chi connectivity index (χ2n) is 6.21. The number of ether oxygens (including phenoxy) is 1. The fourth-order valence-corrected chi connectivity index (χ4v) is 4.51. The first-order valence-corrected chi connectivity index (χ1v) is 10.2. The van der Waals surface area contributed by atoms with Crippen molar-refractivity contribution in [3.05, 3.63) is 52.2 Å². The lowest BCUT2D eigenvalue weighted by Gasteiger charge is -2.30. The third kappa shape index (κ3) is 4.17. The van der Waals surface area contributed by atoms with Gasteiger partial charge < -0.3 is 9.64 Å². The van der Waals surface area contributed by atoms with Crippen LogP contribution in [0.4, 0.5) is 8.78 Å². The van der Waals surface area contributed by atoms with Crippen LogP contribution in [0.2, 0.25) is 0 Å². The molecule has 2 aromatic heterocycles. The van der Waals surface area contributed by atoms with Crippen molar-refractivity contribution in [1.29, 1.82) is 0 Å². The van der Waals surface area contributed by atoms with Gasteiger partial charge in [-0.1, -0.05) is 17.4 Å². The Balaban J connectivity index is 1.34. The molecule has 0 aliphatic carbocycles. The van der Waals surface area contributed by atoms with Gasteiger partial charge in [-0.15, -0.1) is 11.3 Å². The number of nitrogens with zero attached hydrogens (tertiary/aromatic N) is 2. The lowest BCUT2D eigenvalue weighted by atomic mass is 10.1. The van der Waals surface area contributed by atoms with Crippen molar-refractivity contribution >= 4 is 44.9 Å². The third-order valence-electron chi connectivity index (χ3n) is 4.35. The largest absolute Gasteiger partial charge is 0.467 e. The van der Waals surface area contributed by atoms with Crippen molar-refractivity contribution in [3.63, 3.8) is 0 Å². The molecule has 0 saturated carbocycles. The molecule has 1 aliphatic heterocycles. The Morgan fingerprint density at radius 1 is 1.30 bits per heavy atom. The summed E-state index contributed by atoms with van der Waals surface area (Å²) in [5.74, 6) is -1.33. The lowest BCUT2D eigenvalue weighted by Crippen LogP contribution is -2.41.